The molecular weight excluding hydrogens is 386 g/mol. The van der Waals surface area contributed by atoms with E-state index >= 15 is 0 Å². The van der Waals surface area contributed by atoms with Gasteiger partial charge >= 0.3 is 0 Å². The average Bonchev–Trinajstić information content (AvgIpc) is 2.75. The van der Waals surface area contributed by atoms with Crippen molar-refractivity contribution < 1.29 is 0 Å². The Morgan fingerprint density at radius 3 is 2.38 bits per heavy atom. The molecule has 1 heterocycles. The molecule has 0 aliphatic rings. The Hall–Kier alpha value is -3.64. The molecule has 4 aromatic rings. The summed E-state index contributed by atoms with van der Waals surface area (Å²) in [5, 5.41) is 14.1. The second kappa shape index (κ2) is 8.16. The van der Waals surface area contributed by atoms with Crippen LogP contribution in [0.25, 0.3) is 10.9 Å². The summed E-state index contributed by atoms with van der Waals surface area (Å²) in [7, 11) is 0. The van der Waals surface area contributed by atoms with Crippen LogP contribution in [-0.2, 0) is 0 Å². The van der Waals surface area contributed by atoms with Crippen LogP contribution in [-0.4, -0.2) is 15.5 Å². The van der Waals surface area contributed by atoms with Gasteiger partial charge in [0.05, 0.1) is 16.6 Å². The highest BCUT2D eigenvalue weighted by atomic mass is 35.5. The number of rotatable bonds is 3. The van der Waals surface area contributed by atoms with Gasteiger partial charge in [-0.15, -0.1) is 15.3 Å². The summed E-state index contributed by atoms with van der Waals surface area (Å²) >= 11 is 5.92. The van der Waals surface area contributed by atoms with Gasteiger partial charge in [0.15, 0.2) is 0 Å². The van der Waals surface area contributed by atoms with Crippen molar-refractivity contribution in [2.45, 2.75) is 6.92 Å². The zero-order valence-corrected chi connectivity index (χ0v) is 16.3. The first-order valence-corrected chi connectivity index (χ1v) is 9.30. The molecule has 0 atom stereocenters. The number of fused-ring (bicyclic) bond motifs is 1. The Morgan fingerprint density at radius 2 is 1.62 bits per heavy atom. The van der Waals surface area contributed by atoms with Gasteiger partial charge in [0.1, 0.15) is 5.82 Å². The normalized spacial score (nSPS) is 12.0. The smallest absolute Gasteiger partial charge is 0.267 e. The van der Waals surface area contributed by atoms with E-state index in [1.807, 2.05) is 36.4 Å². The lowest BCUT2D eigenvalue weighted by molar-refractivity contribution is 0.764. The second-order valence-electron chi connectivity index (χ2n) is 6.26. The molecule has 0 aliphatic carbocycles. The summed E-state index contributed by atoms with van der Waals surface area (Å²) < 4.78 is 1.26. The molecule has 0 fully saturated rings. The highest BCUT2D eigenvalue weighted by Crippen LogP contribution is 2.17. The van der Waals surface area contributed by atoms with Gasteiger partial charge in [-0.05, 0) is 43.3 Å². The maximum Gasteiger partial charge on any atom is 0.282 e. The van der Waals surface area contributed by atoms with Crippen LogP contribution >= 0.6 is 11.6 Å². The molecule has 0 bridgehead atoms. The van der Waals surface area contributed by atoms with Crippen molar-refractivity contribution in [1.29, 1.82) is 0 Å². The highest BCUT2D eigenvalue weighted by molar-refractivity contribution is 6.30. The number of halogens is 1. The molecule has 0 saturated carbocycles. The molecule has 0 aliphatic heterocycles. The maximum atomic E-state index is 13.0. The molecule has 29 heavy (non-hydrogen) atoms. The number of nitrogens with zero attached hydrogens (tertiary/aromatic N) is 5. The van der Waals surface area contributed by atoms with Crippen molar-refractivity contribution in [1.82, 2.24) is 9.66 Å². The SMILES string of the molecule is Cc1nc2ccccc2c(=O)n1/N=C(/N=Nc1ccc(Cl)cc1)c1ccccc1. The van der Waals surface area contributed by atoms with Crippen molar-refractivity contribution in [2.75, 3.05) is 0 Å². The molecule has 0 saturated heterocycles. The van der Waals surface area contributed by atoms with E-state index in [1.54, 1.807) is 49.4 Å². The third-order valence-electron chi connectivity index (χ3n) is 4.23. The Bertz CT molecular complexity index is 1280. The van der Waals surface area contributed by atoms with Gasteiger partial charge in [-0.25, -0.2) is 4.98 Å². The van der Waals surface area contributed by atoms with Crippen LogP contribution in [0.2, 0.25) is 5.02 Å². The Kier molecular flexibility index (Phi) is 5.27. The number of amidine groups is 1. The molecule has 3 aromatic carbocycles. The van der Waals surface area contributed by atoms with Crippen LogP contribution in [0.1, 0.15) is 11.4 Å². The van der Waals surface area contributed by atoms with Crippen molar-refractivity contribution >= 4 is 34.0 Å². The zero-order chi connectivity index (χ0) is 20.2. The van der Waals surface area contributed by atoms with E-state index in [9.17, 15) is 4.79 Å². The Balaban J connectivity index is 1.85. The quantitative estimate of drug-likeness (QED) is 0.263. The lowest BCUT2D eigenvalue weighted by Crippen LogP contribution is -2.22. The number of hydrogen-bond acceptors (Lipinski definition) is 4. The standard InChI is InChI=1S/C22H16ClN5O/c1-15-24-20-10-6-5-9-19(20)22(29)28(15)27-21(16-7-3-2-4-8-16)26-25-18-13-11-17(23)12-14-18/h2-14H,1H3/b26-25?,27-21+. The summed E-state index contributed by atoms with van der Waals surface area (Å²) in [6.45, 7) is 1.73. The summed E-state index contributed by atoms with van der Waals surface area (Å²) in [5.41, 5.74) is 1.72. The number of benzene rings is 3. The van der Waals surface area contributed by atoms with Gasteiger partial charge in [-0.1, -0.05) is 54.1 Å². The topological polar surface area (TPSA) is 72.0 Å². The molecular formula is C22H16ClN5O. The molecule has 0 radical (unpaired) electrons. The van der Waals surface area contributed by atoms with Crippen molar-refractivity contribution in [3.8, 4) is 0 Å². The van der Waals surface area contributed by atoms with E-state index in [4.69, 9.17) is 11.6 Å². The van der Waals surface area contributed by atoms with E-state index in [2.05, 4.69) is 20.3 Å². The van der Waals surface area contributed by atoms with E-state index in [-0.39, 0.29) is 5.56 Å². The lowest BCUT2D eigenvalue weighted by Gasteiger charge is -2.07. The fourth-order valence-corrected chi connectivity index (χ4v) is 2.91. The first kappa shape index (κ1) is 18.7. The van der Waals surface area contributed by atoms with Gasteiger partial charge in [-0.3, -0.25) is 4.79 Å². The molecule has 7 heteroatoms. The van der Waals surface area contributed by atoms with E-state index in [1.165, 1.54) is 4.68 Å². The van der Waals surface area contributed by atoms with E-state index in [0.29, 0.717) is 33.3 Å². The minimum absolute atomic E-state index is 0.261. The van der Waals surface area contributed by atoms with Crippen LogP contribution in [0.4, 0.5) is 5.69 Å². The molecule has 142 valence electrons. The molecule has 6 nitrogen and oxygen atoms in total. The number of azo groups is 1. The van der Waals surface area contributed by atoms with Gasteiger partial charge in [0.25, 0.3) is 5.56 Å². The maximum absolute atomic E-state index is 13.0. The predicted octanol–water partition coefficient (Wildman–Crippen LogP) is 5.35. The van der Waals surface area contributed by atoms with Crippen LogP contribution in [0.15, 0.2) is 99.0 Å². The van der Waals surface area contributed by atoms with Crippen molar-refractivity contribution in [3.05, 3.63) is 106 Å². The second-order valence-corrected chi connectivity index (χ2v) is 6.70. The van der Waals surface area contributed by atoms with Crippen LogP contribution in [0, 0.1) is 6.92 Å². The first-order valence-electron chi connectivity index (χ1n) is 8.92. The molecule has 0 amide bonds. The third kappa shape index (κ3) is 4.12. The van der Waals surface area contributed by atoms with Crippen LogP contribution in [0.5, 0.6) is 0 Å². The monoisotopic (exact) mass is 401 g/mol. The minimum Gasteiger partial charge on any atom is -0.267 e. The molecule has 0 unspecified atom stereocenters. The zero-order valence-electron chi connectivity index (χ0n) is 15.5. The van der Waals surface area contributed by atoms with E-state index < -0.39 is 0 Å². The fraction of sp³-hybridized carbons (Fsp3) is 0.0455. The fourth-order valence-electron chi connectivity index (χ4n) is 2.78. The van der Waals surface area contributed by atoms with Crippen LogP contribution < -0.4 is 5.56 Å². The number of aromatic nitrogens is 2. The van der Waals surface area contributed by atoms with Gasteiger partial charge in [0.2, 0.25) is 5.84 Å². The molecule has 1 aromatic heterocycles. The third-order valence-corrected chi connectivity index (χ3v) is 4.48. The van der Waals surface area contributed by atoms with Crippen LogP contribution in [0.3, 0.4) is 0 Å². The van der Waals surface area contributed by atoms with Gasteiger partial charge in [0, 0.05) is 10.6 Å². The summed E-state index contributed by atoms with van der Waals surface area (Å²) in [6.07, 6.45) is 0. The first-order chi connectivity index (χ1) is 14.1. The summed E-state index contributed by atoms with van der Waals surface area (Å²) in [5.74, 6) is 0.756. The minimum atomic E-state index is -0.261. The van der Waals surface area contributed by atoms with E-state index in [0.717, 1.165) is 5.56 Å². The number of aryl methyl sites for hydroxylation is 1. The summed E-state index contributed by atoms with van der Waals surface area (Å²) in [6, 6.07) is 23.5. The van der Waals surface area contributed by atoms with Crippen molar-refractivity contribution in [2.24, 2.45) is 15.3 Å². The number of hydrogen-bond donors (Lipinski definition) is 0. The molecule has 0 N–H and O–H groups in total. The van der Waals surface area contributed by atoms with Gasteiger partial charge in [-0.2, -0.15) is 4.68 Å². The predicted molar refractivity (Wildman–Crippen MR) is 115 cm³/mol. The molecule has 4 rings (SSSR count). The Labute approximate surface area is 171 Å². The molecule has 0 spiro atoms. The van der Waals surface area contributed by atoms with Gasteiger partial charge < -0.3 is 0 Å². The average molecular weight is 402 g/mol. The summed E-state index contributed by atoms with van der Waals surface area (Å²) in [4.78, 5) is 17.4. The Morgan fingerprint density at radius 1 is 0.931 bits per heavy atom. The van der Waals surface area contributed by atoms with Crippen molar-refractivity contribution in [3.63, 3.8) is 0 Å². The number of para-hydroxylation sites is 1. The highest BCUT2D eigenvalue weighted by Gasteiger charge is 2.10. The lowest BCUT2D eigenvalue weighted by atomic mass is 10.2. The largest absolute Gasteiger partial charge is 0.282 e.